The first-order valence-electron chi connectivity index (χ1n) is 31.0. The van der Waals surface area contributed by atoms with E-state index in [1.54, 1.807) is 0 Å². The number of allylic oxidation sites excluding steroid dienone is 20. The third kappa shape index (κ3) is 60.6. The fraction of sp³-hybridized carbons (Fsp3) is 0.667. The van der Waals surface area contributed by atoms with Gasteiger partial charge in [0.1, 0.15) is 13.2 Å². The Morgan fingerprint density at radius 2 is 0.520 bits per heavy atom. The van der Waals surface area contributed by atoms with Crippen molar-refractivity contribution in [3.05, 3.63) is 122 Å². The van der Waals surface area contributed by atoms with E-state index in [4.69, 9.17) is 14.2 Å². The third-order valence-electron chi connectivity index (χ3n) is 12.9. The molecule has 0 N–H and O–H groups in total. The molecule has 0 aliphatic carbocycles. The van der Waals surface area contributed by atoms with E-state index in [1.807, 2.05) is 0 Å². The molecule has 0 aliphatic rings. The molecule has 0 spiro atoms. The van der Waals surface area contributed by atoms with E-state index < -0.39 is 6.10 Å². The molecule has 0 rings (SSSR count). The maximum Gasteiger partial charge on any atom is 0.306 e. The van der Waals surface area contributed by atoms with E-state index in [0.717, 1.165) is 141 Å². The Labute approximate surface area is 462 Å². The molecule has 6 heteroatoms. The molecule has 0 radical (unpaired) electrons. The van der Waals surface area contributed by atoms with Crippen LogP contribution < -0.4 is 0 Å². The highest BCUT2D eigenvalue weighted by molar-refractivity contribution is 5.71. The molecule has 426 valence electrons. The summed E-state index contributed by atoms with van der Waals surface area (Å²) in [6.07, 6.45) is 86.4. The van der Waals surface area contributed by atoms with Gasteiger partial charge in [-0.3, -0.25) is 14.4 Å². The summed E-state index contributed by atoms with van der Waals surface area (Å²) in [7, 11) is 0. The number of ether oxygens (including phenoxy) is 3. The molecule has 0 heterocycles. The Morgan fingerprint density at radius 1 is 0.280 bits per heavy atom. The molecular weight excluding hydrogens is 925 g/mol. The van der Waals surface area contributed by atoms with Crippen molar-refractivity contribution >= 4 is 17.9 Å². The van der Waals surface area contributed by atoms with E-state index in [1.165, 1.54) is 96.3 Å². The summed E-state index contributed by atoms with van der Waals surface area (Å²) in [5.41, 5.74) is 0. The second kappa shape index (κ2) is 62.4. The van der Waals surface area contributed by atoms with Crippen molar-refractivity contribution in [2.24, 2.45) is 0 Å². The van der Waals surface area contributed by atoms with Gasteiger partial charge in [0, 0.05) is 19.3 Å². The SMILES string of the molecule is CC/C=C\C/C=C\C/C=C\C/C=C\C/C=C\CCCCCCCCCCCCCCCC(=O)OCC(COC(=O)CCCCCCC/C=C\CCCC)OC(=O)CCCCCC/C=C\C/C=C\C/C=C\C/C=C\CC. The van der Waals surface area contributed by atoms with Crippen LogP contribution in [0.3, 0.4) is 0 Å². The summed E-state index contributed by atoms with van der Waals surface area (Å²) in [5.74, 6) is -0.926. The molecule has 0 saturated heterocycles. The summed E-state index contributed by atoms with van der Waals surface area (Å²) >= 11 is 0. The summed E-state index contributed by atoms with van der Waals surface area (Å²) < 4.78 is 16.9. The highest BCUT2D eigenvalue weighted by Gasteiger charge is 2.19. The molecule has 0 amide bonds. The van der Waals surface area contributed by atoms with Crippen molar-refractivity contribution in [1.29, 1.82) is 0 Å². The minimum absolute atomic E-state index is 0.0925. The second-order valence-electron chi connectivity index (χ2n) is 20.2. The van der Waals surface area contributed by atoms with Crippen LogP contribution in [0.15, 0.2) is 122 Å². The van der Waals surface area contributed by atoms with Crippen LogP contribution in [-0.2, 0) is 28.6 Å². The van der Waals surface area contributed by atoms with E-state index in [9.17, 15) is 14.4 Å². The average Bonchev–Trinajstić information content (AvgIpc) is 3.41. The van der Waals surface area contributed by atoms with Gasteiger partial charge in [0.05, 0.1) is 0 Å². The molecule has 1 atom stereocenters. The number of esters is 3. The zero-order valence-electron chi connectivity index (χ0n) is 48.8. The van der Waals surface area contributed by atoms with Gasteiger partial charge in [0.2, 0.25) is 0 Å². The highest BCUT2D eigenvalue weighted by atomic mass is 16.6. The minimum Gasteiger partial charge on any atom is -0.462 e. The first kappa shape index (κ1) is 70.8. The van der Waals surface area contributed by atoms with Crippen LogP contribution in [0, 0.1) is 0 Å². The molecule has 0 aromatic heterocycles. The standard InChI is InChI=1S/C69H114O6/c1-4-7-10-13-16-19-22-24-26-28-29-30-31-32-33-34-35-36-37-38-39-41-42-44-47-50-53-56-59-62-68(71)74-65-66(64-73-67(70)61-58-55-52-49-46-21-18-15-12-9-6-3)75-69(72)63-60-57-54-51-48-45-43-40-27-25-23-20-17-14-11-8-5-2/h7-8,10-11,15-20,24-27,29-30,32-33,43,45,66H,4-6,9,12-14,21-23,28,31,34-42,44,46-65H2,1-3H3/b10-7-,11-8-,18-15-,19-16-,20-17-,26-24-,27-25-,30-29-,33-32-,45-43-. The first-order chi connectivity index (χ1) is 37.0. The fourth-order valence-electron chi connectivity index (χ4n) is 8.32. The molecule has 0 aromatic carbocycles. The Bertz CT molecular complexity index is 1570. The van der Waals surface area contributed by atoms with E-state index >= 15 is 0 Å². The summed E-state index contributed by atoms with van der Waals surface area (Å²) in [6, 6.07) is 0. The first-order valence-corrected chi connectivity index (χ1v) is 31.0. The maximum absolute atomic E-state index is 12.9. The predicted octanol–water partition coefficient (Wildman–Crippen LogP) is 21.2. The Morgan fingerprint density at radius 3 is 0.827 bits per heavy atom. The van der Waals surface area contributed by atoms with Gasteiger partial charge in [-0.25, -0.2) is 0 Å². The fourth-order valence-corrected chi connectivity index (χ4v) is 8.32. The molecule has 0 bridgehead atoms. The molecule has 0 aliphatic heterocycles. The van der Waals surface area contributed by atoms with Crippen LogP contribution in [0.4, 0.5) is 0 Å². The van der Waals surface area contributed by atoms with Gasteiger partial charge in [0.25, 0.3) is 0 Å². The topological polar surface area (TPSA) is 78.9 Å². The lowest BCUT2D eigenvalue weighted by Gasteiger charge is -2.18. The number of unbranched alkanes of at least 4 members (excludes halogenated alkanes) is 24. The molecular formula is C69H114O6. The van der Waals surface area contributed by atoms with Crippen molar-refractivity contribution in [1.82, 2.24) is 0 Å². The lowest BCUT2D eigenvalue weighted by Crippen LogP contribution is -2.30. The normalized spacial score (nSPS) is 12.9. The highest BCUT2D eigenvalue weighted by Crippen LogP contribution is 2.15. The molecule has 1 unspecified atom stereocenters. The van der Waals surface area contributed by atoms with Crippen LogP contribution >= 0.6 is 0 Å². The quantitative estimate of drug-likeness (QED) is 0.0261. The predicted molar refractivity (Wildman–Crippen MR) is 325 cm³/mol. The molecule has 0 saturated carbocycles. The zero-order chi connectivity index (χ0) is 54.3. The Hall–Kier alpha value is -4.19. The van der Waals surface area contributed by atoms with Gasteiger partial charge in [-0.15, -0.1) is 0 Å². The average molecular weight is 1040 g/mol. The van der Waals surface area contributed by atoms with Gasteiger partial charge in [-0.2, -0.15) is 0 Å². The lowest BCUT2D eigenvalue weighted by atomic mass is 10.0. The number of hydrogen-bond acceptors (Lipinski definition) is 6. The van der Waals surface area contributed by atoms with Gasteiger partial charge in [-0.05, 0) is 122 Å². The summed E-state index contributed by atoms with van der Waals surface area (Å²) in [5, 5.41) is 0. The number of carbonyl (C=O) groups excluding carboxylic acids is 3. The van der Waals surface area contributed by atoms with E-state index in [-0.39, 0.29) is 31.1 Å². The van der Waals surface area contributed by atoms with Crippen LogP contribution in [0.2, 0.25) is 0 Å². The van der Waals surface area contributed by atoms with Crippen LogP contribution in [-0.4, -0.2) is 37.2 Å². The van der Waals surface area contributed by atoms with E-state index in [0.29, 0.717) is 19.3 Å². The molecule has 75 heavy (non-hydrogen) atoms. The third-order valence-corrected chi connectivity index (χ3v) is 12.9. The lowest BCUT2D eigenvalue weighted by molar-refractivity contribution is -0.167. The van der Waals surface area contributed by atoms with Gasteiger partial charge < -0.3 is 14.2 Å². The van der Waals surface area contributed by atoms with Crippen molar-refractivity contribution < 1.29 is 28.6 Å². The monoisotopic (exact) mass is 1040 g/mol. The van der Waals surface area contributed by atoms with Crippen LogP contribution in [0.5, 0.6) is 0 Å². The Balaban J connectivity index is 4.26. The van der Waals surface area contributed by atoms with Crippen molar-refractivity contribution in [2.75, 3.05) is 13.2 Å². The number of rotatable bonds is 55. The van der Waals surface area contributed by atoms with Crippen LogP contribution in [0.25, 0.3) is 0 Å². The van der Waals surface area contributed by atoms with E-state index in [2.05, 4.69) is 142 Å². The smallest absolute Gasteiger partial charge is 0.306 e. The summed E-state index contributed by atoms with van der Waals surface area (Å²) in [4.78, 5) is 38.2. The largest absolute Gasteiger partial charge is 0.462 e. The van der Waals surface area contributed by atoms with Gasteiger partial charge in [-0.1, -0.05) is 258 Å². The van der Waals surface area contributed by atoms with Crippen LogP contribution in [0.1, 0.15) is 278 Å². The van der Waals surface area contributed by atoms with Gasteiger partial charge in [0.15, 0.2) is 6.10 Å². The van der Waals surface area contributed by atoms with Crippen molar-refractivity contribution in [3.8, 4) is 0 Å². The zero-order valence-corrected chi connectivity index (χ0v) is 48.8. The number of carbonyl (C=O) groups is 3. The molecule has 6 nitrogen and oxygen atoms in total. The van der Waals surface area contributed by atoms with Crippen molar-refractivity contribution in [2.45, 2.75) is 284 Å². The second-order valence-corrected chi connectivity index (χ2v) is 20.2. The maximum atomic E-state index is 12.9. The minimum atomic E-state index is -0.797. The molecule has 0 fully saturated rings. The Kier molecular flexibility index (Phi) is 58.9. The molecule has 0 aromatic rings. The van der Waals surface area contributed by atoms with Gasteiger partial charge >= 0.3 is 17.9 Å². The van der Waals surface area contributed by atoms with Crippen molar-refractivity contribution in [3.63, 3.8) is 0 Å². The number of hydrogen-bond donors (Lipinski definition) is 0. The summed E-state index contributed by atoms with van der Waals surface area (Å²) in [6.45, 7) is 6.35.